The summed E-state index contributed by atoms with van der Waals surface area (Å²) in [7, 11) is -1.98. The number of aromatic nitrogens is 2. The fraction of sp³-hybridized carbons (Fsp3) is 0.500. The summed E-state index contributed by atoms with van der Waals surface area (Å²) >= 11 is 0. The van der Waals surface area contributed by atoms with Crippen LogP contribution < -0.4 is 5.73 Å². The van der Waals surface area contributed by atoms with E-state index in [1.54, 1.807) is 13.1 Å². The van der Waals surface area contributed by atoms with E-state index in [0.717, 1.165) is 12.8 Å². The minimum Gasteiger partial charge on any atom is -0.326 e. The average molecular weight is 258 g/mol. The molecule has 0 fully saturated rings. The fourth-order valence-corrected chi connectivity index (χ4v) is 2.72. The molecule has 17 heavy (non-hydrogen) atoms. The molecule has 3 N–H and O–H groups in total. The zero-order valence-electron chi connectivity index (χ0n) is 9.89. The van der Waals surface area contributed by atoms with E-state index >= 15 is 0 Å². The van der Waals surface area contributed by atoms with Gasteiger partial charge in [-0.05, 0) is 12.8 Å². The predicted octanol–water partition coefficient (Wildman–Crippen LogP) is 0.455. The van der Waals surface area contributed by atoms with Crippen molar-refractivity contribution in [3.05, 3.63) is 24.4 Å². The molecule has 0 amide bonds. The maximum absolute atomic E-state index is 12.1. The Balaban J connectivity index is 2.83. The molecule has 0 aromatic carbocycles. The van der Waals surface area contributed by atoms with Gasteiger partial charge in [-0.15, -0.1) is 6.58 Å². The van der Waals surface area contributed by atoms with Crippen molar-refractivity contribution < 1.29 is 8.42 Å². The SMILES string of the molecule is C=CCCCN(C)S(=O)(=O)c1[nH]ncc1CN. The zero-order chi connectivity index (χ0) is 12.9. The van der Waals surface area contributed by atoms with Gasteiger partial charge in [0.1, 0.15) is 0 Å². The highest BCUT2D eigenvalue weighted by Crippen LogP contribution is 2.16. The molecule has 0 aliphatic carbocycles. The first-order valence-electron chi connectivity index (χ1n) is 5.33. The summed E-state index contributed by atoms with van der Waals surface area (Å²) < 4.78 is 25.6. The average Bonchev–Trinajstić information content (AvgIpc) is 2.77. The van der Waals surface area contributed by atoms with Crippen LogP contribution in [0.1, 0.15) is 18.4 Å². The van der Waals surface area contributed by atoms with E-state index in [-0.39, 0.29) is 11.6 Å². The summed E-state index contributed by atoms with van der Waals surface area (Å²) in [6.45, 7) is 4.18. The van der Waals surface area contributed by atoms with Crippen LogP contribution in [0.15, 0.2) is 23.9 Å². The number of aromatic amines is 1. The lowest BCUT2D eigenvalue weighted by atomic mass is 10.3. The Bertz CT molecular complexity index is 466. The maximum Gasteiger partial charge on any atom is 0.260 e. The van der Waals surface area contributed by atoms with Crippen LogP contribution in [0.5, 0.6) is 0 Å². The summed E-state index contributed by atoms with van der Waals surface area (Å²) in [6.07, 6.45) is 4.73. The molecule has 0 atom stereocenters. The summed E-state index contributed by atoms with van der Waals surface area (Å²) in [4.78, 5) is 0. The third-order valence-corrected chi connectivity index (χ3v) is 4.32. The number of hydrogen-bond acceptors (Lipinski definition) is 4. The van der Waals surface area contributed by atoms with Crippen molar-refractivity contribution in [3.8, 4) is 0 Å². The van der Waals surface area contributed by atoms with Gasteiger partial charge in [-0.25, -0.2) is 8.42 Å². The second kappa shape index (κ2) is 5.95. The van der Waals surface area contributed by atoms with E-state index in [2.05, 4.69) is 16.8 Å². The second-order valence-electron chi connectivity index (χ2n) is 3.69. The number of hydrogen-bond donors (Lipinski definition) is 2. The van der Waals surface area contributed by atoms with Gasteiger partial charge in [-0.2, -0.15) is 9.40 Å². The third kappa shape index (κ3) is 3.15. The number of nitrogens with one attached hydrogen (secondary N) is 1. The fourth-order valence-electron chi connectivity index (χ4n) is 1.40. The van der Waals surface area contributed by atoms with Gasteiger partial charge >= 0.3 is 0 Å². The lowest BCUT2D eigenvalue weighted by Crippen LogP contribution is -2.29. The molecule has 0 aliphatic heterocycles. The number of unbranched alkanes of at least 4 members (excludes halogenated alkanes) is 1. The van der Waals surface area contributed by atoms with Crippen LogP contribution in [-0.2, 0) is 16.6 Å². The van der Waals surface area contributed by atoms with Crippen molar-refractivity contribution in [1.29, 1.82) is 0 Å². The van der Waals surface area contributed by atoms with Crippen LogP contribution in [0.25, 0.3) is 0 Å². The molecule has 0 spiro atoms. The maximum atomic E-state index is 12.1. The minimum absolute atomic E-state index is 0.0844. The molecule has 0 unspecified atom stereocenters. The van der Waals surface area contributed by atoms with Gasteiger partial charge < -0.3 is 5.73 Å². The number of nitrogens with zero attached hydrogens (tertiary/aromatic N) is 2. The van der Waals surface area contributed by atoms with Crippen molar-refractivity contribution in [3.63, 3.8) is 0 Å². The first-order chi connectivity index (χ1) is 8.04. The van der Waals surface area contributed by atoms with E-state index < -0.39 is 10.0 Å². The zero-order valence-corrected chi connectivity index (χ0v) is 10.7. The van der Waals surface area contributed by atoms with Crippen molar-refractivity contribution in [2.24, 2.45) is 5.73 Å². The van der Waals surface area contributed by atoms with Gasteiger partial charge in [0.15, 0.2) is 5.03 Å². The molecule has 0 saturated heterocycles. The van der Waals surface area contributed by atoms with Crippen molar-refractivity contribution in [2.75, 3.05) is 13.6 Å². The van der Waals surface area contributed by atoms with Crippen LogP contribution >= 0.6 is 0 Å². The van der Waals surface area contributed by atoms with Gasteiger partial charge in [-0.3, -0.25) is 5.10 Å². The second-order valence-corrected chi connectivity index (χ2v) is 5.67. The number of sulfonamides is 1. The van der Waals surface area contributed by atoms with E-state index in [1.165, 1.54) is 10.5 Å². The van der Waals surface area contributed by atoms with Crippen molar-refractivity contribution in [1.82, 2.24) is 14.5 Å². The van der Waals surface area contributed by atoms with E-state index in [4.69, 9.17) is 5.73 Å². The predicted molar refractivity (Wildman–Crippen MR) is 65.7 cm³/mol. The highest BCUT2D eigenvalue weighted by atomic mass is 32.2. The third-order valence-electron chi connectivity index (χ3n) is 2.45. The van der Waals surface area contributed by atoms with Crippen LogP contribution in [0.3, 0.4) is 0 Å². The molecule has 1 rings (SSSR count). The summed E-state index contributed by atoms with van der Waals surface area (Å²) in [6, 6.07) is 0. The number of allylic oxidation sites excluding steroid dienone is 1. The highest BCUT2D eigenvalue weighted by molar-refractivity contribution is 7.89. The van der Waals surface area contributed by atoms with Crippen LogP contribution in [0, 0.1) is 0 Å². The van der Waals surface area contributed by atoms with E-state index in [0.29, 0.717) is 12.1 Å². The van der Waals surface area contributed by atoms with Gasteiger partial charge in [-0.1, -0.05) is 6.08 Å². The molecule has 1 aromatic heterocycles. The Morgan fingerprint density at radius 2 is 2.35 bits per heavy atom. The minimum atomic E-state index is -3.52. The lowest BCUT2D eigenvalue weighted by Gasteiger charge is -2.16. The van der Waals surface area contributed by atoms with Crippen LogP contribution in [0.4, 0.5) is 0 Å². The molecule has 0 aliphatic rings. The monoisotopic (exact) mass is 258 g/mol. The van der Waals surface area contributed by atoms with Gasteiger partial charge in [0, 0.05) is 25.7 Å². The molecule has 0 radical (unpaired) electrons. The molecule has 1 aromatic rings. The van der Waals surface area contributed by atoms with E-state index in [9.17, 15) is 8.42 Å². The Hall–Kier alpha value is -1.18. The van der Waals surface area contributed by atoms with Crippen molar-refractivity contribution in [2.45, 2.75) is 24.4 Å². The normalized spacial score (nSPS) is 11.9. The molecule has 6 nitrogen and oxygen atoms in total. The van der Waals surface area contributed by atoms with Gasteiger partial charge in [0.2, 0.25) is 0 Å². The quantitative estimate of drug-likeness (QED) is 0.549. The Morgan fingerprint density at radius 1 is 1.65 bits per heavy atom. The smallest absolute Gasteiger partial charge is 0.260 e. The summed E-state index contributed by atoms with van der Waals surface area (Å²) in [5, 5.41) is 6.28. The Labute approximate surface area is 102 Å². The molecule has 96 valence electrons. The topological polar surface area (TPSA) is 92.1 Å². The lowest BCUT2D eigenvalue weighted by molar-refractivity contribution is 0.459. The number of H-pyrrole nitrogens is 1. The van der Waals surface area contributed by atoms with Crippen molar-refractivity contribution >= 4 is 10.0 Å². The highest BCUT2D eigenvalue weighted by Gasteiger charge is 2.24. The van der Waals surface area contributed by atoms with Crippen LogP contribution in [-0.4, -0.2) is 36.5 Å². The molecule has 1 heterocycles. The number of nitrogens with two attached hydrogens (primary N) is 1. The summed E-state index contributed by atoms with van der Waals surface area (Å²) in [5.41, 5.74) is 5.96. The Morgan fingerprint density at radius 3 is 2.94 bits per heavy atom. The standard InChI is InChI=1S/C10H18N4O2S/c1-3-4-5-6-14(2)17(15,16)10-9(7-11)8-12-13-10/h3,8H,1,4-7,11H2,2H3,(H,12,13). The first-order valence-corrected chi connectivity index (χ1v) is 6.77. The van der Waals surface area contributed by atoms with E-state index in [1.807, 2.05) is 0 Å². The first kappa shape index (κ1) is 13.9. The van der Waals surface area contributed by atoms with Crippen LogP contribution in [0.2, 0.25) is 0 Å². The van der Waals surface area contributed by atoms with Gasteiger partial charge in [0.05, 0.1) is 6.20 Å². The molecule has 7 heteroatoms. The summed E-state index contributed by atoms with van der Waals surface area (Å²) in [5.74, 6) is 0. The molecular weight excluding hydrogens is 240 g/mol. The number of rotatable bonds is 7. The van der Waals surface area contributed by atoms with Gasteiger partial charge in [0.25, 0.3) is 10.0 Å². The molecule has 0 bridgehead atoms. The Kier molecular flexibility index (Phi) is 4.86. The molecular formula is C10H18N4O2S. The largest absolute Gasteiger partial charge is 0.326 e. The molecule has 0 saturated carbocycles.